The smallest absolute Gasteiger partial charge is 0.375 e. The maximum Gasteiger partial charge on any atom is 0.394 e. The van der Waals surface area contributed by atoms with E-state index in [1.807, 2.05) is 0 Å². The van der Waals surface area contributed by atoms with Crippen molar-refractivity contribution in [3.05, 3.63) is 0 Å². The molecule has 352 valence electrons. The number of rotatable bonds is 48. The van der Waals surface area contributed by atoms with Crippen molar-refractivity contribution >= 4 is 10.4 Å². The Morgan fingerprint density at radius 3 is 0.534 bits per heavy atom. The molecular weight excluding hydrogens is 737 g/mol. The first-order chi connectivity index (χ1) is 28.3. The van der Waals surface area contributed by atoms with Gasteiger partial charge in [0.15, 0.2) is 0 Å². The molecule has 0 radical (unpaired) electrons. The Morgan fingerprint density at radius 1 is 0.276 bits per heavy atom. The van der Waals surface area contributed by atoms with Crippen LogP contribution in [0.4, 0.5) is 0 Å². The second-order valence-electron chi connectivity index (χ2n) is 18.4. The van der Waals surface area contributed by atoms with Gasteiger partial charge in [0, 0.05) is 0 Å². The largest absolute Gasteiger partial charge is 0.394 e. The van der Waals surface area contributed by atoms with Crippen LogP contribution in [0.25, 0.3) is 0 Å². The van der Waals surface area contributed by atoms with Crippen molar-refractivity contribution in [1.29, 1.82) is 0 Å². The SMILES string of the molecule is CCCCCCCCCCCCCC(CCCCCCCCCCCC)OC(CCCCCCCCCCCC)CCCCCCCCCCCCC.O=S(=O)(O)O. The predicted octanol–water partition coefficient (Wildman–Crippen LogP) is 19.1. The normalized spacial score (nSPS) is 12.8. The first kappa shape index (κ1) is 59.9. The second kappa shape index (κ2) is 51.2. The molecule has 0 bridgehead atoms. The molecule has 0 spiro atoms. The summed E-state index contributed by atoms with van der Waals surface area (Å²) < 4.78 is 38.8. The van der Waals surface area contributed by atoms with Crippen LogP contribution in [-0.2, 0) is 15.1 Å². The second-order valence-corrected chi connectivity index (χ2v) is 19.3. The molecule has 2 N–H and O–H groups in total. The van der Waals surface area contributed by atoms with Gasteiger partial charge in [-0.25, -0.2) is 0 Å². The highest BCUT2D eigenvalue weighted by Crippen LogP contribution is 2.24. The summed E-state index contributed by atoms with van der Waals surface area (Å²) in [6.07, 6.45) is 66.7. The molecule has 0 aliphatic rings. The van der Waals surface area contributed by atoms with Gasteiger partial charge in [0.05, 0.1) is 12.2 Å². The number of hydrogen-bond donors (Lipinski definition) is 2. The maximum atomic E-state index is 8.74. The van der Waals surface area contributed by atoms with Crippen molar-refractivity contribution < 1.29 is 22.3 Å². The minimum Gasteiger partial charge on any atom is -0.375 e. The molecule has 0 amide bonds. The van der Waals surface area contributed by atoms with Crippen LogP contribution in [0, 0.1) is 0 Å². The van der Waals surface area contributed by atoms with E-state index in [4.69, 9.17) is 22.3 Å². The van der Waals surface area contributed by atoms with Crippen LogP contribution in [0.5, 0.6) is 0 Å². The number of ether oxygens (including phenoxy) is 1. The fraction of sp³-hybridized carbons (Fsp3) is 1.00. The molecule has 0 aromatic rings. The first-order valence-electron chi connectivity index (χ1n) is 26.6. The van der Waals surface area contributed by atoms with Gasteiger partial charge in [-0.05, 0) is 25.7 Å². The Kier molecular flexibility index (Phi) is 52.9. The minimum absolute atomic E-state index is 0.517. The zero-order chi connectivity index (χ0) is 42.9. The van der Waals surface area contributed by atoms with Gasteiger partial charge in [-0.1, -0.05) is 297 Å². The Hall–Kier alpha value is -0.170. The van der Waals surface area contributed by atoms with Gasteiger partial charge in [0.25, 0.3) is 0 Å². The third kappa shape index (κ3) is 57.9. The van der Waals surface area contributed by atoms with E-state index < -0.39 is 10.4 Å². The Balaban J connectivity index is 0. The van der Waals surface area contributed by atoms with E-state index in [-0.39, 0.29) is 0 Å². The molecular formula is C52H108O5S. The van der Waals surface area contributed by atoms with Crippen LogP contribution < -0.4 is 0 Å². The molecule has 0 saturated heterocycles. The third-order valence-electron chi connectivity index (χ3n) is 12.4. The summed E-state index contributed by atoms with van der Waals surface area (Å²) in [6.45, 7) is 9.30. The molecule has 0 aromatic heterocycles. The van der Waals surface area contributed by atoms with Gasteiger partial charge in [0.1, 0.15) is 0 Å². The highest BCUT2D eigenvalue weighted by Gasteiger charge is 2.17. The minimum atomic E-state index is -4.67. The molecule has 2 unspecified atom stereocenters. The number of unbranched alkanes of at least 4 members (excludes halogenated alkanes) is 38. The fourth-order valence-electron chi connectivity index (χ4n) is 8.62. The highest BCUT2D eigenvalue weighted by molar-refractivity contribution is 7.79. The summed E-state index contributed by atoms with van der Waals surface area (Å²) in [4.78, 5) is 0. The Morgan fingerprint density at radius 2 is 0.397 bits per heavy atom. The van der Waals surface area contributed by atoms with Crippen molar-refractivity contribution in [1.82, 2.24) is 0 Å². The summed E-state index contributed by atoms with van der Waals surface area (Å²) in [5.74, 6) is 0. The van der Waals surface area contributed by atoms with Crippen LogP contribution in [0.15, 0.2) is 0 Å². The summed E-state index contributed by atoms with van der Waals surface area (Å²) in [5, 5.41) is 0. The van der Waals surface area contributed by atoms with Gasteiger partial charge in [-0.2, -0.15) is 8.42 Å². The molecule has 6 heteroatoms. The fourth-order valence-corrected chi connectivity index (χ4v) is 8.62. The molecule has 0 heterocycles. The predicted molar refractivity (Wildman–Crippen MR) is 258 cm³/mol. The van der Waals surface area contributed by atoms with E-state index in [0.29, 0.717) is 12.2 Å². The average molecular weight is 845 g/mol. The molecule has 0 aliphatic heterocycles. The zero-order valence-electron chi connectivity index (χ0n) is 40.2. The lowest BCUT2D eigenvalue weighted by Gasteiger charge is -2.26. The summed E-state index contributed by atoms with van der Waals surface area (Å²) in [6, 6.07) is 0. The van der Waals surface area contributed by atoms with Gasteiger partial charge >= 0.3 is 10.4 Å². The van der Waals surface area contributed by atoms with Crippen LogP contribution in [0.3, 0.4) is 0 Å². The monoisotopic (exact) mass is 845 g/mol. The third-order valence-corrected chi connectivity index (χ3v) is 12.4. The van der Waals surface area contributed by atoms with Gasteiger partial charge in [0.2, 0.25) is 0 Å². The van der Waals surface area contributed by atoms with Crippen LogP contribution >= 0.6 is 0 Å². The topological polar surface area (TPSA) is 83.8 Å². The molecule has 0 aliphatic carbocycles. The standard InChI is InChI=1S/C52H106O.H2O4S/c1-5-9-13-17-21-25-29-33-37-41-45-49-51(47-43-39-35-31-27-23-19-15-11-7-3)53-52(48-44-40-36-32-28-24-20-16-12-8-4)50-46-42-38-34-30-26-22-18-14-10-6-2;1-5(2,3)4/h51-52H,5-50H2,1-4H3;(H2,1,2,3,4). The van der Waals surface area contributed by atoms with Crippen molar-refractivity contribution in [2.75, 3.05) is 0 Å². The van der Waals surface area contributed by atoms with E-state index in [9.17, 15) is 0 Å². The van der Waals surface area contributed by atoms with Gasteiger partial charge in [-0.15, -0.1) is 0 Å². The lowest BCUT2D eigenvalue weighted by molar-refractivity contribution is -0.0324. The van der Waals surface area contributed by atoms with Crippen LogP contribution in [-0.4, -0.2) is 29.7 Å². The van der Waals surface area contributed by atoms with Crippen LogP contribution in [0.2, 0.25) is 0 Å². The molecule has 0 fully saturated rings. The molecule has 0 saturated carbocycles. The molecule has 0 aromatic carbocycles. The summed E-state index contributed by atoms with van der Waals surface area (Å²) >= 11 is 0. The summed E-state index contributed by atoms with van der Waals surface area (Å²) in [7, 11) is -4.67. The van der Waals surface area contributed by atoms with E-state index in [0.717, 1.165) is 0 Å². The van der Waals surface area contributed by atoms with E-state index >= 15 is 0 Å². The molecule has 58 heavy (non-hydrogen) atoms. The Labute approximate surface area is 366 Å². The number of hydrogen-bond acceptors (Lipinski definition) is 3. The Bertz CT molecular complexity index is 774. The lowest BCUT2D eigenvalue weighted by atomic mass is 9.99. The summed E-state index contributed by atoms with van der Waals surface area (Å²) in [5.41, 5.74) is 0. The van der Waals surface area contributed by atoms with E-state index in [1.54, 1.807) is 0 Å². The highest BCUT2D eigenvalue weighted by atomic mass is 32.3. The average Bonchev–Trinajstić information content (AvgIpc) is 3.19. The van der Waals surface area contributed by atoms with Crippen molar-refractivity contribution in [2.24, 2.45) is 0 Å². The van der Waals surface area contributed by atoms with E-state index in [2.05, 4.69) is 27.7 Å². The van der Waals surface area contributed by atoms with Crippen molar-refractivity contribution in [3.8, 4) is 0 Å². The van der Waals surface area contributed by atoms with Crippen molar-refractivity contribution in [3.63, 3.8) is 0 Å². The van der Waals surface area contributed by atoms with Crippen molar-refractivity contribution in [2.45, 2.75) is 335 Å². The maximum absolute atomic E-state index is 8.74. The molecule has 5 nitrogen and oxygen atoms in total. The van der Waals surface area contributed by atoms with Gasteiger partial charge < -0.3 is 4.74 Å². The zero-order valence-corrected chi connectivity index (χ0v) is 41.0. The van der Waals surface area contributed by atoms with Crippen LogP contribution in [0.1, 0.15) is 323 Å². The van der Waals surface area contributed by atoms with E-state index in [1.165, 1.54) is 295 Å². The lowest BCUT2D eigenvalue weighted by Crippen LogP contribution is -2.23. The molecule has 0 rings (SSSR count). The van der Waals surface area contributed by atoms with Gasteiger partial charge in [-0.3, -0.25) is 9.11 Å². The first-order valence-corrected chi connectivity index (χ1v) is 28.0. The molecule has 2 atom stereocenters. The quantitative estimate of drug-likeness (QED) is 0.0471.